The molecule has 3 aromatic rings. The van der Waals surface area contributed by atoms with E-state index in [1.54, 1.807) is 43.3 Å². The molecule has 0 spiro atoms. The Morgan fingerprint density at radius 2 is 1.81 bits per heavy atom. The predicted octanol–water partition coefficient (Wildman–Crippen LogP) is 4.43. The molecule has 1 heterocycles. The maximum absolute atomic E-state index is 12.2. The smallest absolute Gasteiger partial charge is 0.207 e. The molecule has 0 saturated heterocycles. The summed E-state index contributed by atoms with van der Waals surface area (Å²) < 4.78 is 34.4. The van der Waals surface area contributed by atoms with Crippen LogP contribution in [0.5, 0.6) is 11.5 Å². The Kier molecular flexibility index (Phi) is 5.53. The van der Waals surface area contributed by atoms with Gasteiger partial charge in [0, 0.05) is 23.6 Å². The second-order valence-electron chi connectivity index (χ2n) is 5.47. The summed E-state index contributed by atoms with van der Waals surface area (Å²) in [5, 5.41) is 3.92. The second-order valence-corrected chi connectivity index (χ2v) is 8.47. The van der Waals surface area contributed by atoms with Crippen molar-refractivity contribution in [2.24, 2.45) is 0 Å². The van der Waals surface area contributed by atoms with Crippen LogP contribution in [-0.4, -0.2) is 23.5 Å². The van der Waals surface area contributed by atoms with Crippen molar-refractivity contribution in [3.8, 4) is 11.5 Å². The van der Waals surface area contributed by atoms with Crippen LogP contribution in [0.25, 0.3) is 0 Å². The van der Waals surface area contributed by atoms with E-state index in [-0.39, 0.29) is 10.6 Å². The van der Waals surface area contributed by atoms with Gasteiger partial charge in [0.15, 0.2) is 9.84 Å². The van der Waals surface area contributed by atoms with Gasteiger partial charge in [-0.05, 0) is 36.4 Å². The molecule has 8 heteroatoms. The number of nitrogens with one attached hydrogen (secondary N) is 1. The molecule has 0 bridgehead atoms. The van der Waals surface area contributed by atoms with Crippen molar-refractivity contribution in [3.63, 3.8) is 0 Å². The lowest BCUT2D eigenvalue weighted by Gasteiger charge is -2.11. The minimum absolute atomic E-state index is 0.0256. The fourth-order valence-corrected chi connectivity index (χ4v) is 3.94. The zero-order chi connectivity index (χ0) is 18.6. The van der Waals surface area contributed by atoms with Crippen LogP contribution in [-0.2, 0) is 16.3 Å². The lowest BCUT2D eigenvalue weighted by atomic mass is 10.3. The van der Waals surface area contributed by atoms with Crippen molar-refractivity contribution in [1.82, 2.24) is 9.36 Å². The summed E-state index contributed by atoms with van der Waals surface area (Å²) in [6, 6.07) is 13.9. The first kappa shape index (κ1) is 18.3. The fraction of sp³-hybridized carbons (Fsp3) is 0.222. The Morgan fingerprint density at radius 1 is 1.08 bits per heavy atom. The zero-order valence-electron chi connectivity index (χ0n) is 14.5. The summed E-state index contributed by atoms with van der Waals surface area (Å²) in [5.74, 6) is 1.72. The summed E-state index contributed by atoms with van der Waals surface area (Å²) in [4.78, 5) is 4.56. The lowest BCUT2D eigenvalue weighted by molar-refractivity contribution is 0.467. The third-order valence-corrected chi connectivity index (χ3v) is 6.12. The van der Waals surface area contributed by atoms with Crippen LogP contribution in [0.1, 0.15) is 19.7 Å². The Bertz CT molecular complexity index is 983. The van der Waals surface area contributed by atoms with Crippen molar-refractivity contribution in [2.75, 3.05) is 11.1 Å². The number of hydrogen-bond acceptors (Lipinski definition) is 7. The molecule has 0 amide bonds. The molecular weight excluding hydrogens is 370 g/mol. The van der Waals surface area contributed by atoms with Gasteiger partial charge in [0.05, 0.1) is 5.75 Å². The summed E-state index contributed by atoms with van der Waals surface area (Å²) in [6.45, 7) is 3.62. The lowest BCUT2D eigenvalue weighted by Crippen LogP contribution is -2.05. The van der Waals surface area contributed by atoms with Gasteiger partial charge in [-0.25, -0.2) is 13.4 Å². The van der Waals surface area contributed by atoms with Gasteiger partial charge in [-0.2, -0.15) is 4.37 Å². The monoisotopic (exact) mass is 389 g/mol. The molecule has 2 aromatic carbocycles. The van der Waals surface area contributed by atoms with Gasteiger partial charge in [0.25, 0.3) is 0 Å². The minimum Gasteiger partial charge on any atom is -0.456 e. The number of aromatic nitrogens is 2. The van der Waals surface area contributed by atoms with E-state index < -0.39 is 9.84 Å². The van der Waals surface area contributed by atoms with Crippen molar-refractivity contribution < 1.29 is 13.2 Å². The van der Waals surface area contributed by atoms with Crippen LogP contribution < -0.4 is 10.1 Å². The van der Waals surface area contributed by atoms with E-state index in [9.17, 15) is 8.42 Å². The van der Waals surface area contributed by atoms with Gasteiger partial charge in [0.2, 0.25) is 5.13 Å². The molecule has 26 heavy (non-hydrogen) atoms. The third-order valence-electron chi connectivity index (χ3n) is 3.68. The maximum atomic E-state index is 12.2. The molecule has 3 rings (SSSR count). The van der Waals surface area contributed by atoms with E-state index in [4.69, 9.17) is 4.74 Å². The number of rotatable bonds is 7. The van der Waals surface area contributed by atoms with Crippen molar-refractivity contribution in [2.45, 2.75) is 25.2 Å². The molecule has 0 fully saturated rings. The van der Waals surface area contributed by atoms with Gasteiger partial charge in [-0.1, -0.05) is 26.0 Å². The van der Waals surface area contributed by atoms with Crippen LogP contribution in [0.15, 0.2) is 53.4 Å². The van der Waals surface area contributed by atoms with Crippen molar-refractivity contribution in [3.05, 3.63) is 54.4 Å². The van der Waals surface area contributed by atoms with E-state index in [0.717, 1.165) is 23.1 Å². The largest absolute Gasteiger partial charge is 0.456 e. The number of ether oxygens (including phenoxy) is 1. The molecule has 1 aromatic heterocycles. The number of para-hydroxylation sites is 1. The Balaban J connectivity index is 1.76. The van der Waals surface area contributed by atoms with E-state index >= 15 is 0 Å². The molecule has 0 aliphatic heterocycles. The summed E-state index contributed by atoms with van der Waals surface area (Å²) in [6.07, 6.45) is 0.797. The van der Waals surface area contributed by atoms with Crippen molar-refractivity contribution >= 4 is 32.2 Å². The molecule has 0 aliphatic rings. The second kappa shape index (κ2) is 7.84. The van der Waals surface area contributed by atoms with Gasteiger partial charge in [0.1, 0.15) is 22.2 Å². The van der Waals surface area contributed by atoms with Crippen LogP contribution in [0, 0.1) is 0 Å². The average Bonchev–Trinajstić information content (AvgIpc) is 3.11. The van der Waals surface area contributed by atoms with Crippen LogP contribution in [0.3, 0.4) is 0 Å². The summed E-state index contributed by atoms with van der Waals surface area (Å²) >= 11 is 1.31. The van der Waals surface area contributed by atoms with Crippen LogP contribution in [0.2, 0.25) is 0 Å². The fourth-order valence-electron chi connectivity index (χ4n) is 2.25. The first-order chi connectivity index (χ1) is 12.5. The number of benzene rings is 2. The molecule has 1 N–H and O–H groups in total. The highest BCUT2D eigenvalue weighted by atomic mass is 32.2. The van der Waals surface area contributed by atoms with Gasteiger partial charge in [-0.3, -0.25) is 0 Å². The molecular formula is C18H19N3O3S2. The maximum Gasteiger partial charge on any atom is 0.207 e. The van der Waals surface area contributed by atoms with E-state index in [1.165, 1.54) is 11.5 Å². The zero-order valence-corrected chi connectivity index (χ0v) is 16.1. The molecule has 0 unspecified atom stereocenters. The summed E-state index contributed by atoms with van der Waals surface area (Å²) in [7, 11) is -3.35. The predicted molar refractivity (Wildman–Crippen MR) is 103 cm³/mol. The first-order valence-electron chi connectivity index (χ1n) is 8.21. The Labute approximate surface area is 157 Å². The average molecular weight is 390 g/mol. The molecule has 0 radical (unpaired) electrons. The third kappa shape index (κ3) is 4.20. The quantitative estimate of drug-likeness (QED) is 0.644. The number of nitrogens with zero attached hydrogens (tertiary/aromatic N) is 2. The number of anilines is 2. The number of sulfone groups is 1. The van der Waals surface area contributed by atoms with Crippen LogP contribution >= 0.6 is 11.5 Å². The van der Waals surface area contributed by atoms with E-state index in [2.05, 4.69) is 14.7 Å². The highest BCUT2D eigenvalue weighted by molar-refractivity contribution is 7.91. The Morgan fingerprint density at radius 3 is 2.46 bits per heavy atom. The SMILES string of the molecule is CCc1nsc(Nc2ccc(Oc3ccccc3S(=O)(=O)CC)cc2)n1. The van der Waals surface area contributed by atoms with E-state index in [0.29, 0.717) is 11.5 Å². The van der Waals surface area contributed by atoms with Crippen LogP contribution in [0.4, 0.5) is 10.8 Å². The minimum atomic E-state index is -3.35. The van der Waals surface area contributed by atoms with Gasteiger partial charge < -0.3 is 10.1 Å². The van der Waals surface area contributed by atoms with Crippen molar-refractivity contribution in [1.29, 1.82) is 0 Å². The first-order valence-corrected chi connectivity index (χ1v) is 10.6. The highest BCUT2D eigenvalue weighted by Gasteiger charge is 2.17. The molecule has 136 valence electrons. The standard InChI is InChI=1S/C18H19N3O3S2/c1-3-17-20-18(25-21-17)19-13-9-11-14(12-10-13)24-15-7-5-6-8-16(15)26(22,23)4-2/h5-12H,3-4H2,1-2H3,(H,19,20,21). The molecule has 0 saturated carbocycles. The summed E-state index contributed by atoms with van der Waals surface area (Å²) in [5.41, 5.74) is 0.852. The Hall–Kier alpha value is -2.45. The van der Waals surface area contributed by atoms with E-state index in [1.807, 2.05) is 19.1 Å². The normalized spacial score (nSPS) is 11.3. The van der Waals surface area contributed by atoms with Gasteiger partial charge >= 0.3 is 0 Å². The number of aryl methyl sites for hydroxylation is 1. The molecule has 0 aliphatic carbocycles. The highest BCUT2D eigenvalue weighted by Crippen LogP contribution is 2.30. The molecule has 0 atom stereocenters. The topological polar surface area (TPSA) is 81.2 Å². The van der Waals surface area contributed by atoms with Gasteiger partial charge in [-0.15, -0.1) is 0 Å². The number of hydrogen-bond donors (Lipinski definition) is 1. The molecule has 6 nitrogen and oxygen atoms in total.